The number of nitrogens with zero attached hydrogens (tertiary/aromatic N) is 1. The van der Waals surface area contributed by atoms with Gasteiger partial charge in [0.1, 0.15) is 0 Å². The molecule has 1 aromatic carbocycles. The number of aliphatic hydroxyl groups is 1. The Morgan fingerprint density at radius 1 is 1.39 bits per heavy atom. The summed E-state index contributed by atoms with van der Waals surface area (Å²) in [4.78, 5) is 22.8. The highest BCUT2D eigenvalue weighted by Gasteiger charge is 2.32. The van der Waals surface area contributed by atoms with Crippen LogP contribution in [0.25, 0.3) is 0 Å². The molecule has 1 unspecified atom stereocenters. The molecule has 0 bridgehead atoms. The Labute approximate surface area is 136 Å². The maximum absolute atomic E-state index is 12.2. The fourth-order valence-corrected chi connectivity index (χ4v) is 3.15. The molecule has 2 N–H and O–H groups in total. The Bertz CT molecular complexity index is 594. The van der Waals surface area contributed by atoms with Crippen molar-refractivity contribution in [3.63, 3.8) is 0 Å². The second-order valence-electron chi connectivity index (χ2n) is 6.55. The van der Waals surface area contributed by atoms with Crippen LogP contribution in [0.15, 0.2) is 18.2 Å². The van der Waals surface area contributed by atoms with Crippen molar-refractivity contribution in [3.8, 4) is 0 Å². The van der Waals surface area contributed by atoms with Gasteiger partial charge in [-0.1, -0.05) is 31.4 Å². The zero-order valence-corrected chi connectivity index (χ0v) is 13.7. The van der Waals surface area contributed by atoms with Gasteiger partial charge in [0, 0.05) is 11.6 Å². The average molecular weight is 320 g/mol. The molecule has 0 aromatic heterocycles. The van der Waals surface area contributed by atoms with Gasteiger partial charge in [0.2, 0.25) is 5.91 Å². The highest BCUT2D eigenvalue weighted by Crippen LogP contribution is 2.31. The predicted octanol–water partition coefficient (Wildman–Crippen LogP) is 3.17. The van der Waals surface area contributed by atoms with Crippen LogP contribution in [0.5, 0.6) is 0 Å². The van der Waals surface area contributed by atoms with Gasteiger partial charge in [0.25, 0.3) is 5.69 Å². The SMILES string of the molecule is Cc1ccc(C(C)NC(=O)CC2(O)CCCCC2)cc1[N+](=O)[O-]. The fourth-order valence-electron chi connectivity index (χ4n) is 3.15. The Hall–Kier alpha value is -1.95. The summed E-state index contributed by atoms with van der Waals surface area (Å²) >= 11 is 0. The molecular formula is C17H24N2O4. The van der Waals surface area contributed by atoms with Gasteiger partial charge in [-0.25, -0.2) is 0 Å². The van der Waals surface area contributed by atoms with E-state index < -0.39 is 10.5 Å². The molecule has 23 heavy (non-hydrogen) atoms. The van der Waals surface area contributed by atoms with Gasteiger partial charge in [-0.05, 0) is 32.3 Å². The van der Waals surface area contributed by atoms with Crippen molar-refractivity contribution in [1.82, 2.24) is 5.32 Å². The fraction of sp³-hybridized carbons (Fsp3) is 0.588. The van der Waals surface area contributed by atoms with Gasteiger partial charge in [-0.3, -0.25) is 14.9 Å². The second-order valence-corrected chi connectivity index (χ2v) is 6.55. The van der Waals surface area contributed by atoms with Crippen molar-refractivity contribution in [2.45, 2.75) is 64.0 Å². The number of rotatable bonds is 5. The number of hydrogen-bond donors (Lipinski definition) is 2. The largest absolute Gasteiger partial charge is 0.389 e. The van der Waals surface area contributed by atoms with Crippen molar-refractivity contribution in [2.75, 3.05) is 0 Å². The number of amides is 1. The van der Waals surface area contributed by atoms with Crippen molar-refractivity contribution >= 4 is 11.6 Å². The van der Waals surface area contributed by atoms with Crippen LogP contribution in [0, 0.1) is 17.0 Å². The molecule has 2 rings (SSSR count). The first-order valence-corrected chi connectivity index (χ1v) is 8.07. The number of hydrogen-bond acceptors (Lipinski definition) is 4. The number of aryl methyl sites for hydroxylation is 1. The third-order valence-electron chi connectivity index (χ3n) is 4.58. The van der Waals surface area contributed by atoms with Crippen LogP contribution in [-0.4, -0.2) is 21.5 Å². The summed E-state index contributed by atoms with van der Waals surface area (Å²) in [5.41, 5.74) is 0.427. The molecule has 1 fully saturated rings. The van der Waals surface area contributed by atoms with Gasteiger partial charge < -0.3 is 10.4 Å². The maximum Gasteiger partial charge on any atom is 0.272 e. The van der Waals surface area contributed by atoms with E-state index in [2.05, 4.69) is 5.32 Å². The summed E-state index contributed by atoms with van der Waals surface area (Å²) in [6.45, 7) is 3.47. The summed E-state index contributed by atoms with van der Waals surface area (Å²) in [5, 5.41) is 24.3. The lowest BCUT2D eigenvalue weighted by Gasteiger charge is -2.31. The van der Waals surface area contributed by atoms with Gasteiger partial charge in [0.15, 0.2) is 0 Å². The van der Waals surface area contributed by atoms with Gasteiger partial charge in [-0.15, -0.1) is 0 Å². The lowest BCUT2D eigenvalue weighted by molar-refractivity contribution is -0.385. The first-order chi connectivity index (χ1) is 10.8. The minimum Gasteiger partial charge on any atom is -0.389 e. The van der Waals surface area contributed by atoms with Crippen LogP contribution in [0.4, 0.5) is 5.69 Å². The van der Waals surface area contributed by atoms with E-state index >= 15 is 0 Å². The normalized spacial score (nSPS) is 18.2. The minimum atomic E-state index is -0.901. The second kappa shape index (κ2) is 7.08. The van der Waals surface area contributed by atoms with E-state index in [1.54, 1.807) is 26.0 Å². The third kappa shape index (κ3) is 4.51. The Morgan fingerprint density at radius 2 is 2.04 bits per heavy atom. The number of nitrogens with one attached hydrogen (secondary N) is 1. The summed E-state index contributed by atoms with van der Waals surface area (Å²) < 4.78 is 0. The van der Waals surface area contributed by atoms with E-state index in [0.717, 1.165) is 19.3 Å². The van der Waals surface area contributed by atoms with Gasteiger partial charge in [-0.2, -0.15) is 0 Å². The summed E-state index contributed by atoms with van der Waals surface area (Å²) in [7, 11) is 0. The molecule has 1 aliphatic rings. The van der Waals surface area contributed by atoms with E-state index in [1.165, 1.54) is 6.07 Å². The lowest BCUT2D eigenvalue weighted by atomic mass is 9.82. The van der Waals surface area contributed by atoms with Gasteiger partial charge >= 0.3 is 0 Å². The number of benzene rings is 1. The number of nitro groups is 1. The lowest BCUT2D eigenvalue weighted by Crippen LogP contribution is -2.39. The summed E-state index contributed by atoms with van der Waals surface area (Å²) in [6.07, 6.45) is 4.40. The zero-order valence-electron chi connectivity index (χ0n) is 13.7. The van der Waals surface area contributed by atoms with E-state index in [4.69, 9.17) is 0 Å². The number of nitro benzene ring substituents is 1. The number of carbonyl (C=O) groups excluding carboxylic acids is 1. The first kappa shape index (κ1) is 17.4. The van der Waals surface area contributed by atoms with E-state index in [9.17, 15) is 20.0 Å². The van der Waals surface area contributed by atoms with Crippen LogP contribution in [0.3, 0.4) is 0 Å². The van der Waals surface area contributed by atoms with Crippen LogP contribution >= 0.6 is 0 Å². The molecule has 0 saturated heterocycles. The molecule has 1 saturated carbocycles. The Morgan fingerprint density at radius 3 is 2.65 bits per heavy atom. The maximum atomic E-state index is 12.2. The molecule has 1 aliphatic carbocycles. The van der Waals surface area contributed by atoms with Crippen molar-refractivity contribution in [2.24, 2.45) is 0 Å². The third-order valence-corrected chi connectivity index (χ3v) is 4.58. The summed E-state index contributed by atoms with van der Waals surface area (Å²) in [6, 6.07) is 4.62. The molecule has 0 spiro atoms. The molecule has 1 atom stereocenters. The quantitative estimate of drug-likeness (QED) is 0.644. The molecule has 0 radical (unpaired) electrons. The minimum absolute atomic E-state index is 0.0505. The molecular weight excluding hydrogens is 296 g/mol. The molecule has 126 valence electrons. The molecule has 6 nitrogen and oxygen atoms in total. The standard InChI is InChI=1S/C17H24N2O4/c1-12-6-7-14(10-15(12)19(22)23)13(2)18-16(20)11-17(21)8-4-3-5-9-17/h6-7,10,13,21H,3-5,8-9,11H2,1-2H3,(H,18,20). The average Bonchev–Trinajstić information content (AvgIpc) is 2.47. The number of carbonyl (C=O) groups is 1. The monoisotopic (exact) mass is 320 g/mol. The highest BCUT2D eigenvalue weighted by atomic mass is 16.6. The smallest absolute Gasteiger partial charge is 0.272 e. The van der Waals surface area contributed by atoms with Crippen LogP contribution in [0.2, 0.25) is 0 Å². The van der Waals surface area contributed by atoms with Crippen molar-refractivity contribution in [3.05, 3.63) is 39.4 Å². The van der Waals surface area contributed by atoms with E-state index in [-0.39, 0.29) is 24.1 Å². The highest BCUT2D eigenvalue weighted by molar-refractivity contribution is 5.77. The van der Waals surface area contributed by atoms with Gasteiger partial charge in [0.05, 0.1) is 23.0 Å². The molecule has 1 amide bonds. The van der Waals surface area contributed by atoms with Crippen molar-refractivity contribution < 1.29 is 14.8 Å². The summed E-state index contributed by atoms with van der Waals surface area (Å²) in [5.74, 6) is -0.217. The molecule has 0 aliphatic heterocycles. The first-order valence-electron chi connectivity index (χ1n) is 8.07. The van der Waals surface area contributed by atoms with E-state index in [1.807, 2.05) is 0 Å². The molecule has 0 heterocycles. The topological polar surface area (TPSA) is 92.5 Å². The molecule has 1 aromatic rings. The van der Waals surface area contributed by atoms with Crippen LogP contribution in [0.1, 0.15) is 62.6 Å². The zero-order chi connectivity index (χ0) is 17.0. The Kier molecular flexibility index (Phi) is 5.36. The predicted molar refractivity (Wildman–Crippen MR) is 87.0 cm³/mol. The Balaban J connectivity index is 2.01. The van der Waals surface area contributed by atoms with Crippen LogP contribution in [-0.2, 0) is 4.79 Å². The van der Waals surface area contributed by atoms with Crippen LogP contribution < -0.4 is 5.32 Å². The van der Waals surface area contributed by atoms with Crippen molar-refractivity contribution in [1.29, 1.82) is 0 Å². The van der Waals surface area contributed by atoms with E-state index in [0.29, 0.717) is 24.0 Å². The molecule has 6 heteroatoms.